The summed E-state index contributed by atoms with van der Waals surface area (Å²) in [6.07, 6.45) is 1.34. The van der Waals surface area contributed by atoms with E-state index >= 15 is 0 Å². The molecule has 0 aromatic carbocycles. The number of nitrogens with one attached hydrogen (secondary N) is 1. The van der Waals surface area contributed by atoms with E-state index in [0.29, 0.717) is 4.31 Å². The molecule has 2 rings (SSSR count). The Hall–Kier alpha value is -2.40. The first kappa shape index (κ1) is 17.9. The minimum atomic E-state index is -3.72. The van der Waals surface area contributed by atoms with Crippen molar-refractivity contribution in [1.29, 1.82) is 0 Å². The number of hydrogen-bond acceptors (Lipinski definition) is 6. The summed E-state index contributed by atoms with van der Waals surface area (Å²) in [6, 6.07) is 2.82. The number of aliphatic hydroxyl groups is 1. The third-order valence-corrected chi connectivity index (χ3v) is 4.55. The monoisotopic (exact) mass is 358 g/mol. The van der Waals surface area contributed by atoms with Crippen molar-refractivity contribution < 1.29 is 23.1 Å². The van der Waals surface area contributed by atoms with Crippen LogP contribution in [0.25, 0.3) is 0 Å². The summed E-state index contributed by atoms with van der Waals surface area (Å²) in [5.41, 5.74) is -0.290. The maximum absolute atomic E-state index is 11.9. The van der Waals surface area contributed by atoms with Crippen LogP contribution < -0.4 is 10.9 Å². The maximum Gasteiger partial charge on any atom is 0.341 e. The molecule has 0 spiro atoms. The van der Waals surface area contributed by atoms with Gasteiger partial charge in [0.05, 0.1) is 32.0 Å². The number of sulfonamides is 1. The summed E-state index contributed by atoms with van der Waals surface area (Å²) >= 11 is 0. The van der Waals surface area contributed by atoms with Crippen molar-refractivity contribution in [3.05, 3.63) is 34.7 Å². The molecule has 0 saturated carbocycles. The number of rotatable bonds is 5. The highest BCUT2D eigenvalue weighted by molar-refractivity contribution is 7.88. The van der Waals surface area contributed by atoms with Gasteiger partial charge >= 0.3 is 12.1 Å². The zero-order valence-corrected chi connectivity index (χ0v) is 13.8. The minimum absolute atomic E-state index is 0.0244. The molecule has 1 aromatic heterocycles. The largest absolute Gasteiger partial charge is 0.389 e. The van der Waals surface area contributed by atoms with Crippen molar-refractivity contribution in [1.82, 2.24) is 19.1 Å². The van der Waals surface area contributed by atoms with E-state index in [9.17, 15) is 27.9 Å². The molecule has 2 N–H and O–H groups in total. The SMILES string of the molecule is CS(=O)(=O)N1CCN(C(=O)NCC(O)Cn2ccccc2=O)C1=O. The number of aromatic nitrogens is 1. The van der Waals surface area contributed by atoms with E-state index in [-0.39, 0.29) is 31.7 Å². The predicted molar refractivity (Wildman–Crippen MR) is 83.8 cm³/mol. The number of hydrogen-bond donors (Lipinski definition) is 2. The van der Waals surface area contributed by atoms with Gasteiger partial charge in [-0.05, 0) is 6.07 Å². The molecule has 1 unspecified atom stereocenters. The quantitative estimate of drug-likeness (QED) is 0.667. The van der Waals surface area contributed by atoms with E-state index in [4.69, 9.17) is 0 Å². The minimum Gasteiger partial charge on any atom is -0.389 e. The molecule has 1 aliphatic heterocycles. The van der Waals surface area contributed by atoms with Gasteiger partial charge in [-0.15, -0.1) is 0 Å². The molecule has 1 fully saturated rings. The summed E-state index contributed by atoms with van der Waals surface area (Å²) in [5.74, 6) is 0. The lowest BCUT2D eigenvalue weighted by Gasteiger charge is -2.18. The van der Waals surface area contributed by atoms with Crippen molar-refractivity contribution in [2.45, 2.75) is 12.6 Å². The highest BCUT2D eigenvalue weighted by Crippen LogP contribution is 2.12. The summed E-state index contributed by atoms with van der Waals surface area (Å²) in [6.45, 7) is -0.384. The van der Waals surface area contributed by atoms with Gasteiger partial charge in [0.1, 0.15) is 0 Å². The second-order valence-electron chi connectivity index (χ2n) is 5.30. The number of urea groups is 2. The van der Waals surface area contributed by atoms with E-state index in [1.807, 2.05) is 0 Å². The summed E-state index contributed by atoms with van der Waals surface area (Å²) < 4.78 is 24.7. The van der Waals surface area contributed by atoms with Crippen molar-refractivity contribution in [3.63, 3.8) is 0 Å². The van der Waals surface area contributed by atoms with Gasteiger partial charge in [-0.1, -0.05) is 6.07 Å². The average molecular weight is 358 g/mol. The number of carbonyl (C=O) groups is 2. The lowest BCUT2D eigenvalue weighted by Crippen LogP contribution is -2.46. The van der Waals surface area contributed by atoms with Crippen LogP contribution >= 0.6 is 0 Å². The molecule has 132 valence electrons. The first-order valence-corrected chi connectivity index (χ1v) is 8.95. The Kier molecular flexibility index (Phi) is 5.24. The molecular weight excluding hydrogens is 340 g/mol. The molecule has 0 radical (unpaired) electrons. The molecule has 0 bridgehead atoms. The standard InChI is InChI=1S/C13H18N4O6S/c1-24(22,23)17-7-6-16(13(17)21)12(20)14-8-10(18)9-15-5-3-2-4-11(15)19/h2-5,10,18H,6-9H2,1H3,(H,14,20). The number of imide groups is 1. The summed E-state index contributed by atoms with van der Waals surface area (Å²) in [4.78, 5) is 36.1. The highest BCUT2D eigenvalue weighted by Gasteiger charge is 2.38. The van der Waals surface area contributed by atoms with Crippen LogP contribution in [0.15, 0.2) is 29.2 Å². The van der Waals surface area contributed by atoms with Crippen LogP contribution in [-0.4, -0.2) is 71.4 Å². The van der Waals surface area contributed by atoms with Gasteiger partial charge in [0.25, 0.3) is 5.56 Å². The molecule has 1 aromatic rings. The van der Waals surface area contributed by atoms with E-state index in [1.54, 1.807) is 12.1 Å². The van der Waals surface area contributed by atoms with Crippen LogP contribution in [0.3, 0.4) is 0 Å². The van der Waals surface area contributed by atoms with Crippen LogP contribution in [0, 0.1) is 0 Å². The van der Waals surface area contributed by atoms with E-state index in [2.05, 4.69) is 5.32 Å². The molecule has 1 atom stereocenters. The Bertz CT molecular complexity index is 790. The van der Waals surface area contributed by atoms with Crippen LogP contribution in [0.5, 0.6) is 0 Å². The van der Waals surface area contributed by atoms with Gasteiger partial charge < -0.3 is 15.0 Å². The summed E-state index contributed by atoms with van der Waals surface area (Å²) in [7, 11) is -3.72. The van der Waals surface area contributed by atoms with Gasteiger partial charge in [0.15, 0.2) is 0 Å². The van der Waals surface area contributed by atoms with Crippen molar-refractivity contribution >= 4 is 22.1 Å². The molecule has 1 saturated heterocycles. The van der Waals surface area contributed by atoms with Gasteiger partial charge in [-0.25, -0.2) is 27.2 Å². The number of aliphatic hydroxyl groups excluding tert-OH is 1. The lowest BCUT2D eigenvalue weighted by molar-refractivity contribution is 0.146. The number of carbonyl (C=O) groups excluding carboxylic acids is 2. The van der Waals surface area contributed by atoms with Gasteiger partial charge in [0, 0.05) is 18.8 Å². The third-order valence-electron chi connectivity index (χ3n) is 3.41. The van der Waals surface area contributed by atoms with Gasteiger partial charge in [-0.2, -0.15) is 0 Å². The molecule has 2 heterocycles. The van der Waals surface area contributed by atoms with Crippen LogP contribution in [0.4, 0.5) is 9.59 Å². The second kappa shape index (κ2) is 7.01. The number of amides is 4. The lowest BCUT2D eigenvalue weighted by atomic mass is 10.3. The fourth-order valence-corrected chi connectivity index (χ4v) is 3.01. The van der Waals surface area contributed by atoms with E-state index in [0.717, 1.165) is 11.2 Å². The molecule has 0 aliphatic carbocycles. The Morgan fingerprint density at radius 3 is 2.62 bits per heavy atom. The third kappa shape index (κ3) is 4.11. The fourth-order valence-electron chi connectivity index (χ4n) is 2.22. The van der Waals surface area contributed by atoms with E-state index < -0.39 is 28.2 Å². The Labute approximate surface area is 138 Å². The number of nitrogens with zero attached hydrogens (tertiary/aromatic N) is 3. The Morgan fingerprint density at radius 1 is 1.33 bits per heavy atom. The molecule has 1 aliphatic rings. The molecule has 4 amide bonds. The summed E-state index contributed by atoms with van der Waals surface area (Å²) in [5, 5.41) is 12.2. The number of pyridine rings is 1. The average Bonchev–Trinajstić information content (AvgIpc) is 2.89. The molecular formula is C13H18N4O6S. The topological polar surface area (TPSA) is 129 Å². The molecule has 24 heavy (non-hydrogen) atoms. The van der Waals surface area contributed by atoms with Crippen LogP contribution in [0.2, 0.25) is 0 Å². The zero-order valence-electron chi connectivity index (χ0n) is 13.0. The van der Waals surface area contributed by atoms with Crippen molar-refractivity contribution in [2.75, 3.05) is 25.9 Å². The smallest absolute Gasteiger partial charge is 0.341 e. The predicted octanol–water partition coefficient (Wildman–Crippen LogP) is -1.38. The molecule has 10 nitrogen and oxygen atoms in total. The zero-order chi connectivity index (χ0) is 17.9. The van der Waals surface area contributed by atoms with Crippen molar-refractivity contribution in [3.8, 4) is 0 Å². The maximum atomic E-state index is 11.9. The van der Waals surface area contributed by atoms with Gasteiger partial charge in [0.2, 0.25) is 10.0 Å². The second-order valence-corrected chi connectivity index (χ2v) is 7.21. The Morgan fingerprint density at radius 2 is 2.04 bits per heavy atom. The molecule has 11 heteroatoms. The Balaban J connectivity index is 1.88. The van der Waals surface area contributed by atoms with Crippen LogP contribution in [0.1, 0.15) is 0 Å². The highest BCUT2D eigenvalue weighted by atomic mass is 32.2. The van der Waals surface area contributed by atoms with Crippen molar-refractivity contribution in [2.24, 2.45) is 0 Å². The van der Waals surface area contributed by atoms with Crippen LogP contribution in [-0.2, 0) is 16.6 Å². The first-order chi connectivity index (χ1) is 11.2. The fraction of sp³-hybridized carbons (Fsp3) is 0.462. The van der Waals surface area contributed by atoms with Gasteiger partial charge in [-0.3, -0.25) is 4.79 Å². The first-order valence-electron chi connectivity index (χ1n) is 7.10. The van der Waals surface area contributed by atoms with E-state index in [1.165, 1.54) is 16.8 Å². The normalized spacial score (nSPS) is 16.3.